The summed E-state index contributed by atoms with van der Waals surface area (Å²) in [5.74, 6) is 0.677. The van der Waals surface area contributed by atoms with Crippen molar-refractivity contribution in [2.45, 2.75) is 26.3 Å². The van der Waals surface area contributed by atoms with E-state index in [1.165, 1.54) is 0 Å². The Hall–Kier alpha value is -2.44. The molecule has 3 aromatic rings. The number of rotatable bonds is 4. The van der Waals surface area contributed by atoms with Crippen LogP contribution in [0, 0.1) is 6.92 Å². The predicted octanol–water partition coefficient (Wildman–Crippen LogP) is 4.78. The lowest BCUT2D eigenvalue weighted by Crippen LogP contribution is -2.24. The summed E-state index contributed by atoms with van der Waals surface area (Å²) in [5.41, 5.74) is 5.51. The third-order valence-corrected chi connectivity index (χ3v) is 5.54. The number of nitrogens with one attached hydrogen (secondary N) is 1. The van der Waals surface area contributed by atoms with Crippen LogP contribution in [0.3, 0.4) is 0 Å². The van der Waals surface area contributed by atoms with Crippen molar-refractivity contribution in [3.63, 3.8) is 0 Å². The number of thiophene rings is 1. The Morgan fingerprint density at radius 3 is 2.74 bits per heavy atom. The highest BCUT2D eigenvalue weighted by molar-refractivity contribution is 7.08. The molecule has 5 nitrogen and oxygen atoms in total. The van der Waals surface area contributed by atoms with Gasteiger partial charge >= 0.3 is 0 Å². The highest BCUT2D eigenvalue weighted by Gasteiger charge is 2.31. The quantitative estimate of drug-likeness (QED) is 0.686. The monoisotopic (exact) mass is 399 g/mol. The number of aromatic nitrogens is 1. The molecule has 0 aliphatic carbocycles. The Labute approximate surface area is 166 Å². The molecule has 1 aromatic carbocycles. The molecule has 0 spiro atoms. The van der Waals surface area contributed by atoms with Crippen molar-refractivity contribution >= 4 is 34.6 Å². The minimum absolute atomic E-state index is 0.0577. The van der Waals surface area contributed by atoms with E-state index < -0.39 is 6.04 Å². The molecular weight excluding hydrogens is 382 g/mol. The van der Waals surface area contributed by atoms with Crippen LogP contribution in [0.5, 0.6) is 0 Å². The van der Waals surface area contributed by atoms with Crippen LogP contribution in [-0.2, 0) is 4.79 Å². The minimum atomic E-state index is -0.410. The van der Waals surface area contributed by atoms with Gasteiger partial charge in [0.2, 0.25) is 5.91 Å². The van der Waals surface area contributed by atoms with E-state index in [9.17, 15) is 4.79 Å². The van der Waals surface area contributed by atoms with Gasteiger partial charge in [0, 0.05) is 33.6 Å². The summed E-state index contributed by atoms with van der Waals surface area (Å²) in [4.78, 5) is 17.2. The standard InChI is InChI=1S/C20H18ClN3O2S/c1-3-22-17(25)8-16-20-18(11(2)26-24-20)14-9-27-10-15(14)19(23-16)12-4-6-13(21)7-5-12/h4-7,9-10,16H,3,8H2,1-2H3,(H,22,25)/t16-/m0/s1. The molecule has 2 aromatic heterocycles. The normalized spacial score (nSPS) is 15.5. The molecule has 7 heteroatoms. The molecule has 0 fully saturated rings. The zero-order valence-corrected chi connectivity index (χ0v) is 16.5. The molecular formula is C20H18ClN3O2S. The molecule has 27 heavy (non-hydrogen) atoms. The Balaban J connectivity index is 1.88. The molecule has 4 rings (SSSR count). The van der Waals surface area contributed by atoms with Crippen LogP contribution in [0.15, 0.2) is 44.5 Å². The van der Waals surface area contributed by atoms with E-state index in [4.69, 9.17) is 21.1 Å². The zero-order valence-electron chi connectivity index (χ0n) is 15.0. The summed E-state index contributed by atoms with van der Waals surface area (Å²) in [6.45, 7) is 4.37. The number of aliphatic imine (C=N–C) groups is 1. The number of fused-ring (bicyclic) bond motifs is 3. The number of hydrogen-bond acceptors (Lipinski definition) is 5. The van der Waals surface area contributed by atoms with Gasteiger partial charge in [-0.2, -0.15) is 11.3 Å². The van der Waals surface area contributed by atoms with Crippen LogP contribution in [0.1, 0.15) is 42.0 Å². The summed E-state index contributed by atoms with van der Waals surface area (Å²) in [6.07, 6.45) is 0.220. The summed E-state index contributed by atoms with van der Waals surface area (Å²) < 4.78 is 5.46. The third-order valence-electron chi connectivity index (χ3n) is 4.55. The first kappa shape index (κ1) is 17.9. The molecule has 0 saturated heterocycles. The van der Waals surface area contributed by atoms with Crippen molar-refractivity contribution in [3.8, 4) is 11.1 Å². The van der Waals surface area contributed by atoms with Crippen molar-refractivity contribution < 1.29 is 9.32 Å². The summed E-state index contributed by atoms with van der Waals surface area (Å²) in [6, 6.07) is 7.19. The minimum Gasteiger partial charge on any atom is -0.361 e. The predicted molar refractivity (Wildman–Crippen MR) is 108 cm³/mol. The largest absolute Gasteiger partial charge is 0.361 e. The molecule has 1 N–H and O–H groups in total. The highest BCUT2D eigenvalue weighted by atomic mass is 35.5. The van der Waals surface area contributed by atoms with E-state index in [1.54, 1.807) is 11.3 Å². The topological polar surface area (TPSA) is 67.5 Å². The lowest BCUT2D eigenvalue weighted by atomic mass is 9.96. The summed E-state index contributed by atoms with van der Waals surface area (Å²) in [7, 11) is 0. The average molecular weight is 400 g/mol. The van der Waals surface area contributed by atoms with Gasteiger partial charge in [-0.3, -0.25) is 9.79 Å². The number of nitrogens with zero attached hydrogens (tertiary/aromatic N) is 2. The molecule has 138 valence electrons. The molecule has 1 amide bonds. The van der Waals surface area contributed by atoms with E-state index in [0.29, 0.717) is 17.3 Å². The Bertz CT molecular complexity index is 1020. The fourth-order valence-electron chi connectivity index (χ4n) is 3.33. The molecule has 0 saturated carbocycles. The van der Waals surface area contributed by atoms with Crippen molar-refractivity contribution in [2.75, 3.05) is 6.54 Å². The van der Waals surface area contributed by atoms with E-state index >= 15 is 0 Å². The molecule has 0 bridgehead atoms. The van der Waals surface area contributed by atoms with E-state index in [1.807, 2.05) is 38.1 Å². The number of benzene rings is 1. The lowest BCUT2D eigenvalue weighted by Gasteiger charge is -2.12. The van der Waals surface area contributed by atoms with E-state index in [2.05, 4.69) is 21.2 Å². The van der Waals surface area contributed by atoms with Gasteiger partial charge in [-0.25, -0.2) is 0 Å². The average Bonchev–Trinajstić information content (AvgIpc) is 3.23. The molecule has 1 atom stereocenters. The second-order valence-corrected chi connectivity index (χ2v) is 7.54. The second-order valence-electron chi connectivity index (χ2n) is 6.36. The smallest absolute Gasteiger partial charge is 0.222 e. The van der Waals surface area contributed by atoms with Gasteiger partial charge in [0.15, 0.2) is 0 Å². The van der Waals surface area contributed by atoms with Gasteiger partial charge < -0.3 is 9.84 Å². The first-order valence-electron chi connectivity index (χ1n) is 8.72. The van der Waals surface area contributed by atoms with Gasteiger partial charge in [-0.05, 0) is 31.4 Å². The van der Waals surface area contributed by atoms with Crippen molar-refractivity contribution in [1.29, 1.82) is 0 Å². The van der Waals surface area contributed by atoms with Gasteiger partial charge in [0.05, 0.1) is 17.7 Å². The van der Waals surface area contributed by atoms with Crippen LogP contribution in [0.2, 0.25) is 5.02 Å². The van der Waals surface area contributed by atoms with Crippen molar-refractivity contribution in [3.05, 3.63) is 62.6 Å². The Morgan fingerprint density at radius 1 is 1.26 bits per heavy atom. The number of carbonyl (C=O) groups excluding carboxylic acids is 1. The van der Waals surface area contributed by atoms with E-state index in [-0.39, 0.29) is 12.3 Å². The third kappa shape index (κ3) is 3.31. The van der Waals surface area contributed by atoms with Crippen LogP contribution in [0.25, 0.3) is 11.1 Å². The Morgan fingerprint density at radius 2 is 2.00 bits per heavy atom. The van der Waals surface area contributed by atoms with Crippen LogP contribution < -0.4 is 5.32 Å². The lowest BCUT2D eigenvalue weighted by molar-refractivity contribution is -0.121. The SMILES string of the molecule is CCNC(=O)C[C@@H]1N=C(c2ccc(Cl)cc2)c2cscc2-c2c1noc2C. The highest BCUT2D eigenvalue weighted by Crippen LogP contribution is 2.41. The molecule has 0 unspecified atom stereocenters. The molecule has 0 radical (unpaired) electrons. The number of halogens is 1. The number of hydrogen-bond donors (Lipinski definition) is 1. The maximum Gasteiger partial charge on any atom is 0.222 e. The number of carbonyl (C=O) groups is 1. The van der Waals surface area contributed by atoms with Gasteiger partial charge in [-0.15, -0.1) is 0 Å². The first-order valence-corrected chi connectivity index (χ1v) is 10.0. The molecule has 1 aliphatic rings. The molecule has 1 aliphatic heterocycles. The maximum absolute atomic E-state index is 12.3. The second kappa shape index (κ2) is 7.29. The number of aryl methyl sites for hydroxylation is 1. The number of amides is 1. The fourth-order valence-corrected chi connectivity index (χ4v) is 4.28. The maximum atomic E-state index is 12.3. The van der Waals surface area contributed by atoms with Crippen LogP contribution in [-0.4, -0.2) is 23.3 Å². The first-order chi connectivity index (χ1) is 13.1. The summed E-state index contributed by atoms with van der Waals surface area (Å²) >= 11 is 7.67. The van der Waals surface area contributed by atoms with Gasteiger partial charge in [0.1, 0.15) is 17.5 Å². The summed E-state index contributed by atoms with van der Waals surface area (Å²) in [5, 5.41) is 11.9. The molecule has 3 heterocycles. The van der Waals surface area contributed by atoms with E-state index in [0.717, 1.165) is 33.7 Å². The van der Waals surface area contributed by atoms with Crippen LogP contribution in [0.4, 0.5) is 0 Å². The van der Waals surface area contributed by atoms with Gasteiger partial charge in [0.25, 0.3) is 0 Å². The van der Waals surface area contributed by atoms with Crippen molar-refractivity contribution in [1.82, 2.24) is 10.5 Å². The zero-order chi connectivity index (χ0) is 19.0. The van der Waals surface area contributed by atoms with Crippen molar-refractivity contribution in [2.24, 2.45) is 4.99 Å². The fraction of sp³-hybridized carbons (Fsp3) is 0.250. The Kier molecular flexibility index (Phi) is 4.85. The van der Waals surface area contributed by atoms with Crippen LogP contribution >= 0.6 is 22.9 Å². The van der Waals surface area contributed by atoms with Gasteiger partial charge in [-0.1, -0.05) is 28.9 Å².